The molecule has 2 aromatic carbocycles. The Kier molecular flexibility index (Phi) is 7.17. The molecule has 0 atom stereocenters. The summed E-state index contributed by atoms with van der Waals surface area (Å²) in [7, 11) is -2.05. The van der Waals surface area contributed by atoms with Gasteiger partial charge in [-0.15, -0.1) is 0 Å². The number of anilines is 3. The van der Waals surface area contributed by atoms with Crippen LogP contribution in [0.25, 0.3) is 0 Å². The van der Waals surface area contributed by atoms with E-state index in [1.165, 1.54) is 11.4 Å². The zero-order valence-electron chi connectivity index (χ0n) is 17.7. The zero-order valence-corrected chi connectivity index (χ0v) is 18.5. The number of hydrogen-bond acceptors (Lipinski definition) is 5. The molecule has 2 aromatic rings. The van der Waals surface area contributed by atoms with Crippen LogP contribution < -0.4 is 19.3 Å². The smallest absolute Gasteiger partial charge is 0.232 e. The van der Waals surface area contributed by atoms with E-state index in [0.29, 0.717) is 36.5 Å². The van der Waals surface area contributed by atoms with Crippen LogP contribution in [0, 0.1) is 0 Å². The fourth-order valence-electron chi connectivity index (χ4n) is 3.55. The van der Waals surface area contributed by atoms with E-state index < -0.39 is 10.0 Å². The van der Waals surface area contributed by atoms with E-state index in [4.69, 9.17) is 4.74 Å². The summed E-state index contributed by atoms with van der Waals surface area (Å²) in [6.07, 6.45) is 3.06. The standard InChI is InChI=1S/C22H27N3O5S/c1-30-20-8-4-3-7-19(20)25(31(2,28)29)16-5-9-21(26)23-17-11-13-18(14-12-17)24-15-6-10-22(24)27/h3-4,7-8,11-14H,5-6,9-10,15-16H2,1-2H3,(H,23,26). The van der Waals surface area contributed by atoms with Gasteiger partial charge in [0.2, 0.25) is 21.8 Å². The van der Waals surface area contributed by atoms with Crippen LogP contribution in [0.5, 0.6) is 5.75 Å². The van der Waals surface area contributed by atoms with Gasteiger partial charge >= 0.3 is 0 Å². The Morgan fingerprint density at radius 3 is 2.48 bits per heavy atom. The minimum Gasteiger partial charge on any atom is -0.495 e. The van der Waals surface area contributed by atoms with E-state index in [0.717, 1.165) is 18.4 Å². The first-order chi connectivity index (χ1) is 14.8. The number of rotatable bonds is 9. The van der Waals surface area contributed by atoms with Crippen LogP contribution in [0.1, 0.15) is 25.7 Å². The molecule has 2 amide bonds. The molecular formula is C22H27N3O5S. The highest BCUT2D eigenvalue weighted by Crippen LogP contribution is 2.29. The number of nitrogens with one attached hydrogen (secondary N) is 1. The molecule has 1 aliphatic rings. The van der Waals surface area contributed by atoms with E-state index in [2.05, 4.69) is 5.32 Å². The molecule has 0 unspecified atom stereocenters. The third-order valence-electron chi connectivity index (χ3n) is 5.06. The van der Waals surface area contributed by atoms with Gasteiger partial charge in [-0.2, -0.15) is 0 Å². The third-order valence-corrected chi connectivity index (χ3v) is 6.24. The van der Waals surface area contributed by atoms with Gasteiger partial charge in [0, 0.05) is 37.3 Å². The second kappa shape index (κ2) is 9.82. The quantitative estimate of drug-likeness (QED) is 0.640. The molecule has 0 bridgehead atoms. The summed E-state index contributed by atoms with van der Waals surface area (Å²) in [4.78, 5) is 25.9. The second-order valence-corrected chi connectivity index (χ2v) is 9.26. The number of para-hydroxylation sites is 2. The summed E-state index contributed by atoms with van der Waals surface area (Å²) in [5.41, 5.74) is 1.89. The van der Waals surface area contributed by atoms with Crippen LogP contribution in [-0.4, -0.2) is 46.7 Å². The van der Waals surface area contributed by atoms with E-state index in [9.17, 15) is 18.0 Å². The van der Waals surface area contributed by atoms with Gasteiger partial charge in [-0.1, -0.05) is 12.1 Å². The Bertz CT molecular complexity index is 1040. The number of carbonyl (C=O) groups excluding carboxylic acids is 2. The highest BCUT2D eigenvalue weighted by Gasteiger charge is 2.22. The normalized spacial score (nSPS) is 13.9. The molecule has 9 heteroatoms. The molecule has 1 heterocycles. The molecule has 8 nitrogen and oxygen atoms in total. The molecule has 3 rings (SSSR count). The van der Waals surface area contributed by atoms with E-state index in [1.807, 2.05) is 12.1 Å². The predicted molar refractivity (Wildman–Crippen MR) is 121 cm³/mol. The zero-order chi connectivity index (χ0) is 22.4. The first kappa shape index (κ1) is 22.6. The Hall–Kier alpha value is -3.07. The topological polar surface area (TPSA) is 96.0 Å². The minimum absolute atomic E-state index is 0.113. The van der Waals surface area contributed by atoms with Crippen LogP contribution in [-0.2, 0) is 19.6 Å². The van der Waals surface area contributed by atoms with Crippen LogP contribution >= 0.6 is 0 Å². The maximum absolute atomic E-state index is 12.3. The highest BCUT2D eigenvalue weighted by molar-refractivity contribution is 7.92. The van der Waals surface area contributed by atoms with Crippen molar-refractivity contribution in [3.63, 3.8) is 0 Å². The average molecular weight is 446 g/mol. The largest absolute Gasteiger partial charge is 0.495 e. The maximum atomic E-state index is 12.3. The fourth-order valence-corrected chi connectivity index (χ4v) is 4.52. The second-order valence-electron chi connectivity index (χ2n) is 7.35. The number of sulfonamides is 1. The first-order valence-corrected chi connectivity index (χ1v) is 12.0. The molecule has 1 aliphatic heterocycles. The van der Waals surface area contributed by atoms with E-state index in [-0.39, 0.29) is 24.8 Å². The Morgan fingerprint density at radius 1 is 1.16 bits per heavy atom. The molecule has 1 N–H and O–H groups in total. The molecule has 1 saturated heterocycles. The van der Waals surface area contributed by atoms with Gasteiger partial charge in [0.25, 0.3) is 0 Å². The summed E-state index contributed by atoms with van der Waals surface area (Å²) in [6, 6.07) is 14.0. The van der Waals surface area contributed by atoms with Crippen molar-refractivity contribution in [2.24, 2.45) is 0 Å². The number of hydrogen-bond donors (Lipinski definition) is 1. The van der Waals surface area contributed by atoms with Crippen LogP contribution in [0.15, 0.2) is 48.5 Å². The van der Waals surface area contributed by atoms with Gasteiger partial charge < -0.3 is 15.0 Å². The van der Waals surface area contributed by atoms with Gasteiger partial charge in [0.05, 0.1) is 19.1 Å². The number of ether oxygens (including phenoxy) is 1. The summed E-state index contributed by atoms with van der Waals surface area (Å²) in [5.74, 6) is 0.356. The Morgan fingerprint density at radius 2 is 1.87 bits per heavy atom. The van der Waals surface area contributed by atoms with Gasteiger partial charge in [0.15, 0.2) is 0 Å². The minimum atomic E-state index is -3.54. The van der Waals surface area contributed by atoms with Crippen molar-refractivity contribution in [2.45, 2.75) is 25.7 Å². The molecule has 166 valence electrons. The van der Waals surface area contributed by atoms with E-state index in [1.54, 1.807) is 41.3 Å². The monoisotopic (exact) mass is 445 g/mol. The molecule has 0 spiro atoms. The lowest BCUT2D eigenvalue weighted by Crippen LogP contribution is -2.31. The Labute approximate surface area is 182 Å². The van der Waals surface area contributed by atoms with Crippen molar-refractivity contribution in [2.75, 3.05) is 41.0 Å². The lowest BCUT2D eigenvalue weighted by molar-refractivity contribution is -0.117. The molecule has 1 fully saturated rings. The number of carbonyl (C=O) groups is 2. The lowest BCUT2D eigenvalue weighted by atomic mass is 10.2. The maximum Gasteiger partial charge on any atom is 0.232 e. The Balaban J connectivity index is 1.56. The molecule has 0 aliphatic carbocycles. The van der Waals surface area contributed by atoms with Crippen molar-refractivity contribution in [3.8, 4) is 5.75 Å². The van der Waals surface area contributed by atoms with Crippen LogP contribution in [0.4, 0.5) is 17.1 Å². The van der Waals surface area contributed by atoms with Crippen molar-refractivity contribution >= 4 is 38.9 Å². The lowest BCUT2D eigenvalue weighted by Gasteiger charge is -2.24. The van der Waals surface area contributed by atoms with Gasteiger partial charge in [-0.25, -0.2) is 8.42 Å². The number of amides is 2. The van der Waals surface area contributed by atoms with Gasteiger partial charge in [-0.05, 0) is 49.2 Å². The average Bonchev–Trinajstić information content (AvgIpc) is 3.17. The summed E-state index contributed by atoms with van der Waals surface area (Å²) in [5, 5.41) is 2.81. The molecular weight excluding hydrogens is 418 g/mol. The molecule has 0 radical (unpaired) electrons. The summed E-state index contributed by atoms with van der Waals surface area (Å²) < 4.78 is 31.1. The fraction of sp³-hybridized carbons (Fsp3) is 0.364. The summed E-state index contributed by atoms with van der Waals surface area (Å²) in [6.45, 7) is 0.871. The van der Waals surface area contributed by atoms with Crippen LogP contribution in [0.3, 0.4) is 0 Å². The number of methoxy groups -OCH3 is 1. The van der Waals surface area contributed by atoms with Crippen molar-refractivity contribution in [3.05, 3.63) is 48.5 Å². The molecule has 0 aromatic heterocycles. The van der Waals surface area contributed by atoms with Crippen molar-refractivity contribution in [1.82, 2.24) is 0 Å². The first-order valence-electron chi connectivity index (χ1n) is 10.1. The third kappa shape index (κ3) is 5.75. The number of benzene rings is 2. The highest BCUT2D eigenvalue weighted by atomic mass is 32.2. The molecule has 31 heavy (non-hydrogen) atoms. The SMILES string of the molecule is COc1ccccc1N(CCCC(=O)Nc1ccc(N2CCCC2=O)cc1)S(C)(=O)=O. The number of nitrogens with zero attached hydrogens (tertiary/aromatic N) is 2. The van der Waals surface area contributed by atoms with Gasteiger partial charge in [0.1, 0.15) is 5.75 Å². The van der Waals surface area contributed by atoms with E-state index >= 15 is 0 Å². The predicted octanol–water partition coefficient (Wildman–Crippen LogP) is 3.01. The van der Waals surface area contributed by atoms with Crippen molar-refractivity contribution < 1.29 is 22.7 Å². The van der Waals surface area contributed by atoms with Crippen molar-refractivity contribution in [1.29, 1.82) is 0 Å². The summed E-state index contributed by atoms with van der Waals surface area (Å²) >= 11 is 0. The van der Waals surface area contributed by atoms with Gasteiger partial charge in [-0.3, -0.25) is 13.9 Å². The molecule has 0 saturated carbocycles. The van der Waals surface area contributed by atoms with Crippen LogP contribution in [0.2, 0.25) is 0 Å².